The highest BCUT2D eigenvalue weighted by Gasteiger charge is 2.35. The SMILES string of the molecule is CCOc1ccc(C(c2ccc(OC)c(OC)c2)N2CCCCC2C(=O)O)cc1OC. The van der Waals surface area contributed by atoms with Gasteiger partial charge in [0.05, 0.1) is 34.0 Å². The van der Waals surface area contributed by atoms with Crippen molar-refractivity contribution in [1.82, 2.24) is 4.90 Å². The van der Waals surface area contributed by atoms with Gasteiger partial charge in [0, 0.05) is 0 Å². The summed E-state index contributed by atoms with van der Waals surface area (Å²) < 4.78 is 22.1. The van der Waals surface area contributed by atoms with Crippen LogP contribution in [0, 0.1) is 0 Å². The van der Waals surface area contributed by atoms with Gasteiger partial charge in [-0.15, -0.1) is 0 Å². The van der Waals surface area contributed by atoms with Crippen molar-refractivity contribution < 1.29 is 28.8 Å². The number of likely N-dealkylation sites (tertiary alicyclic amines) is 1. The van der Waals surface area contributed by atoms with Crippen molar-refractivity contribution in [2.75, 3.05) is 34.5 Å². The molecule has 31 heavy (non-hydrogen) atoms. The Kier molecular flexibility index (Phi) is 7.63. The maximum absolute atomic E-state index is 12.1. The maximum atomic E-state index is 12.1. The molecule has 2 atom stereocenters. The standard InChI is InChI=1S/C24H31NO6/c1-5-31-20-12-10-17(15-22(20)30-4)23(25-13-7-6-8-18(25)24(26)27)16-9-11-19(28-2)21(14-16)29-3/h9-12,14-15,18,23H,5-8,13H2,1-4H3,(H,26,27). The summed E-state index contributed by atoms with van der Waals surface area (Å²) in [7, 11) is 4.79. The quantitative estimate of drug-likeness (QED) is 0.642. The summed E-state index contributed by atoms with van der Waals surface area (Å²) in [4.78, 5) is 14.1. The van der Waals surface area contributed by atoms with E-state index in [0.29, 0.717) is 42.6 Å². The van der Waals surface area contributed by atoms with Crippen LogP contribution in [-0.4, -0.2) is 56.5 Å². The lowest BCUT2D eigenvalue weighted by Crippen LogP contribution is -2.46. The number of benzene rings is 2. The number of hydrogen-bond acceptors (Lipinski definition) is 6. The minimum Gasteiger partial charge on any atom is -0.493 e. The zero-order valence-electron chi connectivity index (χ0n) is 18.6. The highest BCUT2D eigenvalue weighted by Crippen LogP contribution is 2.40. The number of rotatable bonds is 9. The molecule has 0 saturated carbocycles. The van der Waals surface area contributed by atoms with Gasteiger partial charge in [0.25, 0.3) is 0 Å². The van der Waals surface area contributed by atoms with E-state index < -0.39 is 12.0 Å². The Bertz CT molecular complexity index is 900. The second-order valence-corrected chi connectivity index (χ2v) is 7.45. The lowest BCUT2D eigenvalue weighted by atomic mass is 9.91. The summed E-state index contributed by atoms with van der Waals surface area (Å²) in [5, 5.41) is 9.92. The van der Waals surface area contributed by atoms with Crippen LogP contribution in [0.3, 0.4) is 0 Å². The Morgan fingerprint density at radius 1 is 0.968 bits per heavy atom. The van der Waals surface area contributed by atoms with Crippen LogP contribution in [0.2, 0.25) is 0 Å². The molecular formula is C24H31NO6. The van der Waals surface area contributed by atoms with Crippen molar-refractivity contribution in [3.63, 3.8) is 0 Å². The summed E-state index contributed by atoms with van der Waals surface area (Å²) in [5.41, 5.74) is 1.86. The minimum absolute atomic E-state index is 0.286. The smallest absolute Gasteiger partial charge is 0.320 e. The van der Waals surface area contributed by atoms with Crippen molar-refractivity contribution in [2.24, 2.45) is 0 Å². The molecule has 2 aromatic rings. The summed E-state index contributed by atoms with van der Waals surface area (Å²) in [6, 6.07) is 10.7. The minimum atomic E-state index is -0.803. The van der Waals surface area contributed by atoms with Gasteiger partial charge in [0.2, 0.25) is 0 Å². The van der Waals surface area contributed by atoms with Crippen LogP contribution in [0.25, 0.3) is 0 Å². The van der Waals surface area contributed by atoms with Crippen LogP contribution in [0.1, 0.15) is 43.4 Å². The normalized spacial score (nSPS) is 17.6. The van der Waals surface area contributed by atoms with Crippen LogP contribution in [-0.2, 0) is 4.79 Å². The Morgan fingerprint density at radius 3 is 2.10 bits per heavy atom. The zero-order chi connectivity index (χ0) is 22.4. The van der Waals surface area contributed by atoms with Gasteiger partial charge in [-0.2, -0.15) is 0 Å². The van der Waals surface area contributed by atoms with Crippen LogP contribution in [0.4, 0.5) is 0 Å². The van der Waals surface area contributed by atoms with Gasteiger partial charge in [-0.25, -0.2) is 0 Å². The molecule has 0 aromatic heterocycles. The summed E-state index contributed by atoms with van der Waals surface area (Å²) in [6.45, 7) is 3.14. The molecule has 168 valence electrons. The highest BCUT2D eigenvalue weighted by molar-refractivity contribution is 5.73. The first-order valence-corrected chi connectivity index (χ1v) is 10.5. The fourth-order valence-corrected chi connectivity index (χ4v) is 4.26. The van der Waals surface area contributed by atoms with E-state index in [9.17, 15) is 9.90 Å². The van der Waals surface area contributed by atoms with E-state index in [2.05, 4.69) is 4.90 Å². The zero-order valence-corrected chi connectivity index (χ0v) is 18.6. The Labute approximate surface area is 183 Å². The first-order valence-electron chi connectivity index (χ1n) is 10.5. The molecule has 1 aliphatic heterocycles. The van der Waals surface area contributed by atoms with Gasteiger partial charge in [-0.05, 0) is 61.7 Å². The monoisotopic (exact) mass is 429 g/mol. The molecule has 1 saturated heterocycles. The van der Waals surface area contributed by atoms with Crippen molar-refractivity contribution in [2.45, 2.75) is 38.3 Å². The van der Waals surface area contributed by atoms with Crippen molar-refractivity contribution in [3.8, 4) is 23.0 Å². The van der Waals surface area contributed by atoms with Crippen LogP contribution >= 0.6 is 0 Å². The van der Waals surface area contributed by atoms with E-state index in [-0.39, 0.29) is 6.04 Å². The molecule has 0 spiro atoms. The molecule has 7 heteroatoms. The third kappa shape index (κ3) is 4.88. The van der Waals surface area contributed by atoms with Crippen LogP contribution in [0.5, 0.6) is 23.0 Å². The molecule has 7 nitrogen and oxygen atoms in total. The highest BCUT2D eigenvalue weighted by atomic mass is 16.5. The first kappa shape index (κ1) is 22.7. The summed E-state index contributed by atoms with van der Waals surface area (Å²) in [6.07, 6.45) is 2.47. The van der Waals surface area contributed by atoms with Crippen molar-refractivity contribution >= 4 is 5.97 Å². The number of carbonyl (C=O) groups is 1. The van der Waals surface area contributed by atoms with Gasteiger partial charge in [-0.1, -0.05) is 18.6 Å². The molecule has 0 bridgehead atoms. The average Bonchev–Trinajstić information content (AvgIpc) is 2.80. The van der Waals surface area contributed by atoms with Gasteiger partial charge < -0.3 is 24.1 Å². The average molecular weight is 430 g/mol. The second-order valence-electron chi connectivity index (χ2n) is 7.45. The Morgan fingerprint density at radius 2 is 1.55 bits per heavy atom. The number of methoxy groups -OCH3 is 3. The molecule has 1 aliphatic rings. The predicted molar refractivity (Wildman–Crippen MR) is 118 cm³/mol. The molecule has 1 N–H and O–H groups in total. The lowest BCUT2D eigenvalue weighted by molar-refractivity contribution is -0.145. The summed E-state index contributed by atoms with van der Waals surface area (Å²) in [5.74, 6) is 1.71. The van der Waals surface area contributed by atoms with Crippen LogP contribution in [0.15, 0.2) is 36.4 Å². The van der Waals surface area contributed by atoms with Gasteiger partial charge >= 0.3 is 5.97 Å². The number of carboxylic acid groups (broad SMARTS) is 1. The number of piperidine rings is 1. The molecule has 3 rings (SSSR count). The van der Waals surface area contributed by atoms with Crippen molar-refractivity contribution in [3.05, 3.63) is 47.5 Å². The third-order valence-corrected chi connectivity index (χ3v) is 5.69. The molecule has 0 aliphatic carbocycles. The lowest BCUT2D eigenvalue weighted by Gasteiger charge is -2.40. The topological polar surface area (TPSA) is 77.5 Å². The number of aliphatic carboxylic acids is 1. The molecule has 0 radical (unpaired) electrons. The van der Waals surface area contributed by atoms with Gasteiger partial charge in [0.1, 0.15) is 6.04 Å². The summed E-state index contributed by atoms with van der Waals surface area (Å²) >= 11 is 0. The molecule has 1 fully saturated rings. The number of hydrogen-bond donors (Lipinski definition) is 1. The fourth-order valence-electron chi connectivity index (χ4n) is 4.26. The van der Waals surface area contributed by atoms with E-state index in [1.807, 2.05) is 43.3 Å². The van der Waals surface area contributed by atoms with Gasteiger partial charge in [0.15, 0.2) is 23.0 Å². The third-order valence-electron chi connectivity index (χ3n) is 5.69. The number of nitrogens with zero attached hydrogens (tertiary/aromatic N) is 1. The molecule has 0 amide bonds. The van der Waals surface area contributed by atoms with Crippen molar-refractivity contribution in [1.29, 1.82) is 0 Å². The first-order chi connectivity index (χ1) is 15.0. The van der Waals surface area contributed by atoms with Gasteiger partial charge in [-0.3, -0.25) is 9.69 Å². The molecule has 1 heterocycles. The van der Waals surface area contributed by atoms with E-state index >= 15 is 0 Å². The second kappa shape index (κ2) is 10.4. The largest absolute Gasteiger partial charge is 0.493 e. The van der Waals surface area contributed by atoms with E-state index in [1.165, 1.54) is 0 Å². The molecular weight excluding hydrogens is 398 g/mol. The maximum Gasteiger partial charge on any atom is 0.320 e. The Hall–Kier alpha value is -2.93. The van der Waals surface area contributed by atoms with E-state index in [1.54, 1.807) is 21.3 Å². The molecule has 2 aromatic carbocycles. The van der Waals surface area contributed by atoms with E-state index in [0.717, 1.165) is 24.0 Å². The number of carboxylic acids is 1. The molecule has 2 unspecified atom stereocenters. The Balaban J connectivity index is 2.14. The fraction of sp³-hybridized carbons (Fsp3) is 0.458. The van der Waals surface area contributed by atoms with Crippen LogP contribution < -0.4 is 18.9 Å². The number of ether oxygens (including phenoxy) is 4. The predicted octanol–water partition coefficient (Wildman–Crippen LogP) is 4.14. The van der Waals surface area contributed by atoms with E-state index in [4.69, 9.17) is 18.9 Å².